The number of aliphatic hydroxyl groups is 1. The first-order valence-corrected chi connectivity index (χ1v) is 7.36. The maximum Gasteiger partial charge on any atom is 0.0857 e. The van der Waals surface area contributed by atoms with Crippen LogP contribution in [-0.4, -0.2) is 34.2 Å². The maximum absolute atomic E-state index is 10.4. The molecule has 0 aliphatic carbocycles. The van der Waals surface area contributed by atoms with Crippen molar-refractivity contribution in [2.45, 2.75) is 51.9 Å². The first kappa shape index (κ1) is 15.0. The van der Waals surface area contributed by atoms with E-state index >= 15 is 0 Å². The normalized spacial score (nSPS) is 14.6. The van der Waals surface area contributed by atoms with Gasteiger partial charge in [0.1, 0.15) is 0 Å². The second-order valence-corrected chi connectivity index (χ2v) is 5.11. The predicted molar refractivity (Wildman–Crippen MR) is 80.8 cm³/mol. The van der Waals surface area contributed by atoms with Gasteiger partial charge in [-0.3, -0.25) is 4.68 Å². The first-order valence-electron chi connectivity index (χ1n) is 7.36. The summed E-state index contributed by atoms with van der Waals surface area (Å²) < 4.78 is 7.37. The first-order chi connectivity index (χ1) is 9.71. The van der Waals surface area contributed by atoms with Crippen LogP contribution in [0.5, 0.6) is 0 Å². The lowest BCUT2D eigenvalue weighted by Gasteiger charge is -2.20. The number of hydrogen-bond acceptors (Lipinski definition) is 3. The van der Waals surface area contributed by atoms with Crippen LogP contribution in [0.1, 0.15) is 32.4 Å². The number of fused-ring (bicyclic) bond motifs is 1. The molecule has 2 rings (SSSR count). The van der Waals surface area contributed by atoms with Crippen molar-refractivity contribution in [2.75, 3.05) is 7.11 Å². The van der Waals surface area contributed by atoms with Crippen LogP contribution >= 0.6 is 0 Å². The fourth-order valence-corrected chi connectivity index (χ4v) is 2.67. The molecule has 0 amide bonds. The van der Waals surface area contributed by atoms with Gasteiger partial charge < -0.3 is 9.84 Å². The summed E-state index contributed by atoms with van der Waals surface area (Å²) in [5.41, 5.74) is 2.08. The standard InChI is InChI=1S/C16H24N2O2/c1-4-8-16(20-3)15(19)11-13-12-9-6-7-10-14(12)18(5-2)17-13/h6-7,9-10,15-16,19H,4-5,8,11H2,1-3H3. The molecule has 0 saturated heterocycles. The molecule has 20 heavy (non-hydrogen) atoms. The molecular weight excluding hydrogens is 252 g/mol. The monoisotopic (exact) mass is 276 g/mol. The average Bonchev–Trinajstić information content (AvgIpc) is 2.83. The van der Waals surface area contributed by atoms with Crippen molar-refractivity contribution in [3.8, 4) is 0 Å². The number of methoxy groups -OCH3 is 1. The molecular formula is C16H24N2O2. The van der Waals surface area contributed by atoms with E-state index in [4.69, 9.17) is 4.74 Å². The Kier molecular flexibility index (Phi) is 5.15. The zero-order chi connectivity index (χ0) is 14.5. The van der Waals surface area contributed by atoms with Crippen LogP contribution in [0.15, 0.2) is 24.3 Å². The molecule has 1 N–H and O–H groups in total. The number of rotatable bonds is 7. The van der Waals surface area contributed by atoms with E-state index in [1.165, 1.54) is 0 Å². The molecule has 1 heterocycles. The molecule has 0 aliphatic rings. The largest absolute Gasteiger partial charge is 0.390 e. The molecule has 110 valence electrons. The summed E-state index contributed by atoms with van der Waals surface area (Å²) in [6, 6.07) is 8.17. The van der Waals surface area contributed by atoms with Crippen LogP contribution in [-0.2, 0) is 17.7 Å². The molecule has 0 spiro atoms. The number of para-hydroxylation sites is 1. The van der Waals surface area contributed by atoms with Gasteiger partial charge in [0, 0.05) is 25.5 Å². The van der Waals surface area contributed by atoms with Crippen LogP contribution in [0.25, 0.3) is 10.9 Å². The molecule has 0 saturated carbocycles. The molecule has 4 heteroatoms. The van der Waals surface area contributed by atoms with Crippen LogP contribution in [0.4, 0.5) is 0 Å². The highest BCUT2D eigenvalue weighted by Gasteiger charge is 2.21. The van der Waals surface area contributed by atoms with Gasteiger partial charge in [0.2, 0.25) is 0 Å². The molecule has 2 aromatic rings. The fourth-order valence-electron chi connectivity index (χ4n) is 2.67. The Balaban J connectivity index is 2.25. The van der Waals surface area contributed by atoms with Gasteiger partial charge in [0.05, 0.1) is 23.4 Å². The second kappa shape index (κ2) is 6.86. The van der Waals surface area contributed by atoms with Gasteiger partial charge >= 0.3 is 0 Å². The molecule has 1 aromatic carbocycles. The highest BCUT2D eigenvalue weighted by Crippen LogP contribution is 2.21. The van der Waals surface area contributed by atoms with E-state index < -0.39 is 6.10 Å². The average molecular weight is 276 g/mol. The van der Waals surface area contributed by atoms with Gasteiger partial charge in [-0.05, 0) is 19.4 Å². The third-order valence-corrected chi connectivity index (χ3v) is 3.74. The van der Waals surface area contributed by atoms with Crippen molar-refractivity contribution < 1.29 is 9.84 Å². The third-order valence-electron chi connectivity index (χ3n) is 3.74. The fraction of sp³-hybridized carbons (Fsp3) is 0.562. The Hall–Kier alpha value is -1.39. The quantitative estimate of drug-likeness (QED) is 0.846. The number of benzene rings is 1. The summed E-state index contributed by atoms with van der Waals surface area (Å²) in [6.45, 7) is 5.01. The van der Waals surface area contributed by atoms with E-state index in [-0.39, 0.29) is 6.10 Å². The van der Waals surface area contributed by atoms with Crippen molar-refractivity contribution in [3.63, 3.8) is 0 Å². The predicted octanol–water partition coefficient (Wildman–Crippen LogP) is 2.77. The van der Waals surface area contributed by atoms with E-state index in [0.29, 0.717) is 6.42 Å². The maximum atomic E-state index is 10.4. The third kappa shape index (κ3) is 3.02. The smallest absolute Gasteiger partial charge is 0.0857 e. The molecule has 0 radical (unpaired) electrons. The van der Waals surface area contributed by atoms with Crippen molar-refractivity contribution in [1.29, 1.82) is 0 Å². The topological polar surface area (TPSA) is 47.3 Å². The van der Waals surface area contributed by atoms with Crippen molar-refractivity contribution in [2.24, 2.45) is 0 Å². The molecule has 0 aliphatic heterocycles. The Morgan fingerprint density at radius 2 is 2.05 bits per heavy atom. The van der Waals surface area contributed by atoms with Gasteiger partial charge in [0.25, 0.3) is 0 Å². The van der Waals surface area contributed by atoms with Gasteiger partial charge in [0.15, 0.2) is 0 Å². The number of hydrogen-bond donors (Lipinski definition) is 1. The van der Waals surface area contributed by atoms with E-state index in [1.807, 2.05) is 16.8 Å². The SMILES string of the molecule is CCCC(OC)C(O)Cc1nn(CC)c2ccccc12. The van der Waals surface area contributed by atoms with E-state index in [9.17, 15) is 5.11 Å². The molecule has 2 atom stereocenters. The Bertz CT molecular complexity index is 550. The van der Waals surface area contributed by atoms with Gasteiger partial charge in [-0.15, -0.1) is 0 Å². The highest BCUT2D eigenvalue weighted by atomic mass is 16.5. The van der Waals surface area contributed by atoms with Gasteiger partial charge in [-0.1, -0.05) is 31.5 Å². The summed E-state index contributed by atoms with van der Waals surface area (Å²) in [4.78, 5) is 0. The lowest BCUT2D eigenvalue weighted by Crippen LogP contribution is -2.30. The number of aryl methyl sites for hydroxylation is 1. The van der Waals surface area contributed by atoms with E-state index in [2.05, 4.69) is 31.1 Å². The summed E-state index contributed by atoms with van der Waals surface area (Å²) in [6.07, 6.45) is 1.77. The Labute approximate surface area is 120 Å². The number of aliphatic hydroxyl groups excluding tert-OH is 1. The molecule has 2 unspecified atom stereocenters. The number of ether oxygens (including phenoxy) is 1. The van der Waals surface area contributed by atoms with Crippen LogP contribution < -0.4 is 0 Å². The lowest BCUT2D eigenvalue weighted by molar-refractivity contribution is -0.0162. The molecule has 4 nitrogen and oxygen atoms in total. The molecule has 1 aromatic heterocycles. The Morgan fingerprint density at radius 1 is 1.30 bits per heavy atom. The van der Waals surface area contributed by atoms with Crippen molar-refractivity contribution >= 4 is 10.9 Å². The molecule has 0 fully saturated rings. The minimum absolute atomic E-state index is 0.120. The minimum atomic E-state index is -0.511. The second-order valence-electron chi connectivity index (χ2n) is 5.11. The summed E-state index contributed by atoms with van der Waals surface area (Å²) >= 11 is 0. The summed E-state index contributed by atoms with van der Waals surface area (Å²) in [7, 11) is 1.66. The Morgan fingerprint density at radius 3 is 2.70 bits per heavy atom. The van der Waals surface area contributed by atoms with Crippen LogP contribution in [0, 0.1) is 0 Å². The van der Waals surface area contributed by atoms with E-state index in [0.717, 1.165) is 36.0 Å². The highest BCUT2D eigenvalue weighted by molar-refractivity contribution is 5.82. The minimum Gasteiger partial charge on any atom is -0.390 e. The van der Waals surface area contributed by atoms with Crippen LogP contribution in [0.2, 0.25) is 0 Å². The van der Waals surface area contributed by atoms with Crippen molar-refractivity contribution in [3.05, 3.63) is 30.0 Å². The summed E-state index contributed by atoms with van der Waals surface area (Å²) in [5, 5.41) is 16.1. The zero-order valence-corrected chi connectivity index (χ0v) is 12.5. The summed E-state index contributed by atoms with van der Waals surface area (Å²) in [5.74, 6) is 0. The van der Waals surface area contributed by atoms with Gasteiger partial charge in [-0.2, -0.15) is 5.10 Å². The zero-order valence-electron chi connectivity index (χ0n) is 12.5. The van der Waals surface area contributed by atoms with E-state index in [1.54, 1.807) is 7.11 Å². The molecule has 0 bridgehead atoms. The number of nitrogens with zero attached hydrogens (tertiary/aromatic N) is 2. The van der Waals surface area contributed by atoms with Crippen LogP contribution in [0.3, 0.4) is 0 Å². The lowest BCUT2D eigenvalue weighted by atomic mass is 10.0. The van der Waals surface area contributed by atoms with Crippen molar-refractivity contribution in [1.82, 2.24) is 9.78 Å². The number of aromatic nitrogens is 2. The van der Waals surface area contributed by atoms with Gasteiger partial charge in [-0.25, -0.2) is 0 Å².